The van der Waals surface area contributed by atoms with Crippen LogP contribution in [0.5, 0.6) is 0 Å². The third-order valence-electron chi connectivity index (χ3n) is 1.29. The molecule has 0 aliphatic heterocycles. The summed E-state index contributed by atoms with van der Waals surface area (Å²) in [7, 11) is 0. The van der Waals surface area contributed by atoms with E-state index in [4.69, 9.17) is 0 Å². The van der Waals surface area contributed by atoms with E-state index in [0.29, 0.717) is 12.1 Å². The van der Waals surface area contributed by atoms with E-state index < -0.39 is 23.4 Å². The van der Waals surface area contributed by atoms with Crippen molar-refractivity contribution in [3.63, 3.8) is 0 Å². The minimum Gasteiger partial charge on any atom is -0.206 e. The Morgan fingerprint density at radius 1 is 1.00 bits per heavy atom. The molecule has 0 heterocycles. The lowest BCUT2D eigenvalue weighted by Crippen LogP contribution is -2.11. The Morgan fingerprint density at radius 3 is 1.64 bits per heavy atom. The molecule has 1 rings (SSSR count). The van der Waals surface area contributed by atoms with E-state index in [9.17, 15) is 22.0 Å². The van der Waals surface area contributed by atoms with Gasteiger partial charge in [-0.15, -0.1) is 0 Å². The maximum Gasteiger partial charge on any atom is 0.422 e. The van der Waals surface area contributed by atoms with Crippen LogP contribution in [-0.4, -0.2) is 23.1 Å². The lowest BCUT2D eigenvalue weighted by Gasteiger charge is -2.08. The highest BCUT2D eigenvalue weighted by Crippen LogP contribution is 2.34. The van der Waals surface area contributed by atoms with Crippen LogP contribution in [0.15, 0.2) is 16.6 Å². The predicted octanol–water partition coefficient (Wildman–Crippen LogP) is 2.83. The fourth-order valence-electron chi connectivity index (χ4n) is 0.813. The number of halogens is 6. The largest absolute Gasteiger partial charge is 0.422 e. The first kappa shape index (κ1) is 14.1. The van der Waals surface area contributed by atoms with Crippen LogP contribution in [0.4, 0.5) is 22.0 Å². The third-order valence-corrected chi connectivity index (χ3v) is 1.75. The van der Waals surface area contributed by atoms with Crippen molar-refractivity contribution in [2.45, 2.75) is 6.18 Å². The summed E-state index contributed by atoms with van der Waals surface area (Å²) in [5.74, 6) is -3.25. The average molecular weight is 287 g/mol. The predicted molar refractivity (Wildman–Crippen MR) is 47.6 cm³/mol. The Bertz CT molecular complexity index is 312. The fraction of sp³-hybridized carbons (Fsp3) is 0.143. The minimum absolute atomic E-state index is 0. The van der Waals surface area contributed by atoms with Crippen molar-refractivity contribution in [3.05, 3.63) is 33.8 Å². The lowest BCUT2D eigenvalue weighted by molar-refractivity contribution is -0.142. The van der Waals surface area contributed by atoms with Crippen LogP contribution in [0, 0.1) is 11.6 Å². The Kier molecular flexibility index (Phi) is 4.80. The summed E-state index contributed by atoms with van der Waals surface area (Å²) in [6.07, 6.45) is -5.01. The molecule has 0 fully saturated rings. The highest BCUT2D eigenvalue weighted by atomic mass is 79.9. The van der Waals surface area contributed by atoms with Gasteiger partial charge in [-0.25, -0.2) is 8.78 Å². The van der Waals surface area contributed by atoms with Crippen molar-refractivity contribution in [1.82, 2.24) is 0 Å². The van der Waals surface area contributed by atoms with E-state index in [0.717, 1.165) is 0 Å². The van der Waals surface area contributed by atoms with Gasteiger partial charge in [0.1, 0.15) is 17.2 Å². The van der Waals surface area contributed by atoms with Crippen molar-refractivity contribution in [2.75, 3.05) is 0 Å². The van der Waals surface area contributed by atoms with E-state index in [1.165, 1.54) is 0 Å². The van der Waals surface area contributed by atoms with Crippen LogP contribution in [0.1, 0.15) is 5.56 Å². The van der Waals surface area contributed by atoms with Gasteiger partial charge in [-0.1, -0.05) is 15.9 Å². The first-order chi connectivity index (χ1) is 5.82. The maximum absolute atomic E-state index is 12.6. The Hall–Kier alpha value is 0.116. The molecule has 0 saturated carbocycles. The second-order valence-corrected chi connectivity index (χ2v) is 3.16. The molecule has 0 aliphatic carbocycles. The van der Waals surface area contributed by atoms with Gasteiger partial charge in [0.2, 0.25) is 0 Å². The zero-order chi connectivity index (χ0) is 10.2. The number of hydrogen-bond acceptors (Lipinski definition) is 0. The summed E-state index contributed by atoms with van der Waals surface area (Å²) in [5, 5.41) is 0. The monoisotopic (exact) mass is 286 g/mol. The quantitative estimate of drug-likeness (QED) is 0.508. The first-order valence-electron chi connectivity index (χ1n) is 3.04. The maximum atomic E-state index is 12.6. The molecule has 76 valence electrons. The lowest BCUT2D eigenvalue weighted by atomic mass is 10.2. The summed E-state index contributed by atoms with van der Waals surface area (Å²) in [6.45, 7) is 0. The van der Waals surface area contributed by atoms with Gasteiger partial charge in [-0.3, -0.25) is 0 Å². The van der Waals surface area contributed by atoms with Crippen molar-refractivity contribution in [2.24, 2.45) is 0 Å². The van der Waals surface area contributed by atoms with E-state index in [2.05, 4.69) is 15.9 Å². The normalized spacial score (nSPS) is 11.0. The zero-order valence-corrected chi connectivity index (χ0v) is 7.51. The zero-order valence-electron chi connectivity index (χ0n) is 5.92. The molecule has 0 saturated heterocycles. The number of alkyl halides is 3. The summed E-state index contributed by atoms with van der Waals surface area (Å²) in [5.41, 5.74) is -1.87. The molecule has 0 bridgehead atoms. The Morgan fingerprint density at radius 2 is 1.36 bits per heavy atom. The van der Waals surface area contributed by atoms with Gasteiger partial charge in [-0.2, -0.15) is 13.2 Å². The molecule has 0 nitrogen and oxygen atoms in total. The second kappa shape index (κ2) is 4.76. The van der Waals surface area contributed by atoms with E-state index in [1.54, 1.807) is 0 Å². The smallest absolute Gasteiger partial charge is 0.206 e. The van der Waals surface area contributed by atoms with Crippen LogP contribution in [0.25, 0.3) is 0 Å². The average Bonchev–Trinajstić information content (AvgIpc) is 1.78. The molecule has 0 spiro atoms. The minimum atomic E-state index is -5.01. The number of hydrogen-bond donors (Lipinski definition) is 0. The summed E-state index contributed by atoms with van der Waals surface area (Å²) in [4.78, 5) is 0. The molecule has 1 aromatic carbocycles. The van der Waals surface area contributed by atoms with Crippen molar-refractivity contribution in [1.29, 1.82) is 0 Å². The molecule has 14 heavy (non-hydrogen) atoms. The second-order valence-electron chi connectivity index (χ2n) is 2.24. The van der Waals surface area contributed by atoms with Crippen LogP contribution in [-0.2, 0) is 6.18 Å². The topological polar surface area (TPSA) is 0 Å². The fourth-order valence-corrected chi connectivity index (χ4v) is 1.21. The van der Waals surface area contributed by atoms with E-state index in [1.807, 2.05) is 0 Å². The molecule has 0 atom stereocenters. The van der Waals surface area contributed by atoms with Gasteiger partial charge in [0.15, 0.2) is 0 Å². The van der Waals surface area contributed by atoms with Gasteiger partial charge in [0.25, 0.3) is 0 Å². The van der Waals surface area contributed by atoms with Crippen LogP contribution < -0.4 is 0 Å². The van der Waals surface area contributed by atoms with Crippen LogP contribution in [0.3, 0.4) is 0 Å². The SMILES string of the molecule is Fc1cc(Br)cc(F)c1C(F)(F)F.[MgH2]. The molecule has 0 radical (unpaired) electrons. The van der Waals surface area contributed by atoms with Gasteiger partial charge in [-0.05, 0) is 12.1 Å². The molecular weight excluding hydrogens is 283 g/mol. The molecule has 0 amide bonds. The van der Waals surface area contributed by atoms with Crippen molar-refractivity contribution < 1.29 is 22.0 Å². The van der Waals surface area contributed by atoms with E-state index >= 15 is 0 Å². The third kappa shape index (κ3) is 3.06. The van der Waals surface area contributed by atoms with E-state index in [-0.39, 0.29) is 27.5 Å². The Balaban J connectivity index is 0.00000169. The molecule has 1 aromatic rings. The van der Waals surface area contributed by atoms with Crippen molar-refractivity contribution >= 4 is 39.0 Å². The van der Waals surface area contributed by atoms with Gasteiger partial charge in [0, 0.05) is 4.47 Å². The molecule has 0 aliphatic rings. The van der Waals surface area contributed by atoms with Gasteiger partial charge in [0.05, 0.1) is 0 Å². The first-order valence-corrected chi connectivity index (χ1v) is 3.83. The molecule has 0 aromatic heterocycles. The number of rotatable bonds is 0. The summed E-state index contributed by atoms with van der Waals surface area (Å²) >= 11 is 2.67. The van der Waals surface area contributed by atoms with Crippen molar-refractivity contribution in [3.8, 4) is 0 Å². The van der Waals surface area contributed by atoms with Gasteiger partial charge < -0.3 is 0 Å². The molecular formula is C7H4BrF5Mg. The van der Waals surface area contributed by atoms with Crippen LogP contribution in [0.2, 0.25) is 0 Å². The Labute approximate surface area is 101 Å². The molecule has 0 unspecified atom stereocenters. The number of benzene rings is 1. The molecule has 0 N–H and O–H groups in total. The summed E-state index contributed by atoms with van der Waals surface area (Å²) < 4.78 is 61.0. The molecule has 7 heteroatoms. The van der Waals surface area contributed by atoms with Crippen LogP contribution >= 0.6 is 15.9 Å². The highest BCUT2D eigenvalue weighted by Gasteiger charge is 2.37. The summed E-state index contributed by atoms with van der Waals surface area (Å²) in [6, 6.07) is 1.12. The highest BCUT2D eigenvalue weighted by molar-refractivity contribution is 9.10. The standard InChI is InChI=1S/C7H2BrF5.Mg.2H/c8-3-1-4(9)6(5(10)2-3)7(11,12)13;;;/h1-2H;;;. The van der Waals surface area contributed by atoms with Gasteiger partial charge >= 0.3 is 29.2 Å².